The van der Waals surface area contributed by atoms with Crippen LogP contribution in [-0.4, -0.2) is 53.9 Å². The zero-order valence-electron chi connectivity index (χ0n) is 11.7. The van der Waals surface area contributed by atoms with Gasteiger partial charge in [-0.3, -0.25) is 0 Å². The monoisotopic (exact) mass is 294 g/mol. The number of ether oxygens (including phenoxy) is 1. The van der Waals surface area contributed by atoms with E-state index in [-0.39, 0.29) is 30.9 Å². The summed E-state index contributed by atoms with van der Waals surface area (Å²) >= 11 is 0. The number of carbonyl (C=O) groups excluding carboxylic acids is 1. The van der Waals surface area contributed by atoms with Crippen molar-refractivity contribution in [3.8, 4) is 5.75 Å². The summed E-state index contributed by atoms with van der Waals surface area (Å²) in [6.45, 7) is 3.69. The lowest BCUT2D eigenvalue weighted by Gasteiger charge is -2.21. The lowest BCUT2D eigenvalue weighted by atomic mass is 10.1. The Labute approximate surface area is 122 Å². The largest absolute Gasteiger partial charge is 0.497 e. The summed E-state index contributed by atoms with van der Waals surface area (Å²) in [4.78, 5) is 24.6. The van der Waals surface area contributed by atoms with Crippen molar-refractivity contribution in [2.75, 3.05) is 32.1 Å². The maximum absolute atomic E-state index is 12.1. The summed E-state index contributed by atoms with van der Waals surface area (Å²) in [6, 6.07) is 3.80. The van der Waals surface area contributed by atoms with Crippen molar-refractivity contribution in [3.63, 3.8) is 0 Å². The van der Waals surface area contributed by atoms with Crippen molar-refractivity contribution in [2.45, 2.75) is 0 Å². The second kappa shape index (κ2) is 7.91. The number of amides is 2. The van der Waals surface area contributed by atoms with Crippen LogP contribution in [0.2, 0.25) is 0 Å². The predicted molar refractivity (Wildman–Crippen MR) is 77.8 cm³/mol. The molecule has 0 aliphatic rings. The SMILES string of the molecule is C=CCN(CCO)C(=O)Nc1ccc(OC)cc1C(=O)O. The zero-order chi connectivity index (χ0) is 15.8. The fourth-order valence-corrected chi connectivity index (χ4v) is 1.68. The Kier molecular flexibility index (Phi) is 6.22. The molecule has 0 aliphatic heterocycles. The number of hydrogen-bond acceptors (Lipinski definition) is 4. The summed E-state index contributed by atoms with van der Waals surface area (Å²) in [5.74, 6) is -0.801. The summed E-state index contributed by atoms with van der Waals surface area (Å²) < 4.78 is 4.96. The molecule has 7 heteroatoms. The van der Waals surface area contributed by atoms with E-state index < -0.39 is 12.0 Å². The fraction of sp³-hybridized carbons (Fsp3) is 0.286. The summed E-state index contributed by atoms with van der Waals surface area (Å²) in [6.07, 6.45) is 1.52. The number of anilines is 1. The molecule has 0 aliphatic carbocycles. The molecule has 3 N–H and O–H groups in total. The quantitative estimate of drug-likeness (QED) is 0.660. The van der Waals surface area contributed by atoms with Gasteiger partial charge in [-0.25, -0.2) is 9.59 Å². The molecule has 0 bridgehead atoms. The molecule has 0 saturated carbocycles. The number of hydrogen-bond donors (Lipinski definition) is 3. The summed E-state index contributed by atoms with van der Waals surface area (Å²) in [7, 11) is 1.42. The predicted octanol–water partition coefficient (Wildman–Crippen LogP) is 1.41. The average Bonchev–Trinajstić information content (AvgIpc) is 2.47. The van der Waals surface area contributed by atoms with Gasteiger partial charge in [-0.15, -0.1) is 6.58 Å². The van der Waals surface area contributed by atoms with E-state index >= 15 is 0 Å². The van der Waals surface area contributed by atoms with Gasteiger partial charge < -0.3 is 25.2 Å². The van der Waals surface area contributed by atoms with E-state index in [0.717, 1.165) is 0 Å². The average molecular weight is 294 g/mol. The van der Waals surface area contributed by atoms with Gasteiger partial charge in [0.05, 0.1) is 25.0 Å². The Hall–Kier alpha value is -2.54. The number of carboxylic acid groups (broad SMARTS) is 1. The number of methoxy groups -OCH3 is 1. The number of carbonyl (C=O) groups is 2. The number of urea groups is 1. The first-order valence-corrected chi connectivity index (χ1v) is 6.22. The number of aromatic carboxylic acids is 1. The molecule has 0 aromatic heterocycles. The van der Waals surface area contributed by atoms with Crippen LogP contribution in [0.5, 0.6) is 5.75 Å². The number of aliphatic hydroxyl groups excluding tert-OH is 1. The molecule has 0 unspecified atom stereocenters. The normalized spacial score (nSPS) is 9.81. The Morgan fingerprint density at radius 2 is 2.19 bits per heavy atom. The molecule has 2 amide bonds. The van der Waals surface area contributed by atoms with Crippen LogP contribution in [-0.2, 0) is 0 Å². The van der Waals surface area contributed by atoms with Crippen LogP contribution in [0.1, 0.15) is 10.4 Å². The van der Waals surface area contributed by atoms with Gasteiger partial charge >= 0.3 is 12.0 Å². The van der Waals surface area contributed by atoms with Gasteiger partial charge in [0.15, 0.2) is 0 Å². The molecule has 0 saturated heterocycles. The van der Waals surface area contributed by atoms with Crippen molar-refractivity contribution in [3.05, 3.63) is 36.4 Å². The van der Waals surface area contributed by atoms with E-state index in [1.54, 1.807) is 6.07 Å². The first-order valence-electron chi connectivity index (χ1n) is 6.22. The van der Waals surface area contributed by atoms with Crippen LogP contribution in [0.3, 0.4) is 0 Å². The number of nitrogens with zero attached hydrogens (tertiary/aromatic N) is 1. The van der Waals surface area contributed by atoms with Crippen molar-refractivity contribution in [1.29, 1.82) is 0 Å². The number of aliphatic hydroxyl groups is 1. The number of nitrogens with one attached hydrogen (secondary N) is 1. The molecular weight excluding hydrogens is 276 g/mol. The first kappa shape index (κ1) is 16.5. The second-order valence-corrected chi connectivity index (χ2v) is 4.11. The van der Waals surface area contributed by atoms with Gasteiger partial charge in [0.1, 0.15) is 5.75 Å². The molecule has 0 radical (unpaired) electrons. The van der Waals surface area contributed by atoms with E-state index in [2.05, 4.69) is 11.9 Å². The third-order valence-corrected chi connectivity index (χ3v) is 2.71. The third kappa shape index (κ3) is 4.50. The van der Waals surface area contributed by atoms with Crippen molar-refractivity contribution < 1.29 is 24.5 Å². The molecule has 1 aromatic carbocycles. The van der Waals surface area contributed by atoms with Gasteiger partial charge in [-0.2, -0.15) is 0 Å². The highest BCUT2D eigenvalue weighted by Crippen LogP contribution is 2.22. The molecule has 0 spiro atoms. The molecule has 114 valence electrons. The lowest BCUT2D eigenvalue weighted by molar-refractivity contribution is 0.0697. The fourth-order valence-electron chi connectivity index (χ4n) is 1.68. The van der Waals surface area contributed by atoms with E-state index in [0.29, 0.717) is 5.75 Å². The zero-order valence-corrected chi connectivity index (χ0v) is 11.7. The second-order valence-electron chi connectivity index (χ2n) is 4.11. The summed E-state index contributed by atoms with van der Waals surface area (Å²) in [5.41, 5.74) is 0.0746. The standard InChI is InChI=1S/C14H18N2O5/c1-3-6-16(7-8-17)14(20)15-12-5-4-10(21-2)9-11(12)13(18)19/h3-5,9,17H,1,6-8H2,2H3,(H,15,20)(H,18,19). The molecule has 7 nitrogen and oxygen atoms in total. The topological polar surface area (TPSA) is 99.1 Å². The first-order chi connectivity index (χ1) is 10.0. The highest BCUT2D eigenvalue weighted by Gasteiger charge is 2.17. The minimum Gasteiger partial charge on any atom is -0.497 e. The Morgan fingerprint density at radius 3 is 2.71 bits per heavy atom. The van der Waals surface area contributed by atoms with E-state index in [1.165, 1.54) is 30.2 Å². The van der Waals surface area contributed by atoms with Gasteiger partial charge in [0.2, 0.25) is 0 Å². The van der Waals surface area contributed by atoms with E-state index in [4.69, 9.17) is 14.9 Å². The Morgan fingerprint density at radius 1 is 1.48 bits per heavy atom. The molecular formula is C14H18N2O5. The van der Waals surface area contributed by atoms with Crippen LogP contribution < -0.4 is 10.1 Å². The highest BCUT2D eigenvalue weighted by atomic mass is 16.5. The van der Waals surface area contributed by atoms with E-state index in [9.17, 15) is 9.59 Å². The molecule has 1 rings (SSSR count). The van der Waals surface area contributed by atoms with Crippen LogP contribution in [0, 0.1) is 0 Å². The van der Waals surface area contributed by atoms with Gasteiger partial charge in [-0.1, -0.05) is 6.08 Å². The third-order valence-electron chi connectivity index (χ3n) is 2.71. The number of benzene rings is 1. The smallest absolute Gasteiger partial charge is 0.337 e. The highest BCUT2D eigenvalue weighted by molar-refractivity contribution is 6.00. The maximum Gasteiger partial charge on any atom is 0.337 e. The van der Waals surface area contributed by atoms with Gasteiger partial charge in [0, 0.05) is 13.1 Å². The molecule has 1 aromatic rings. The number of rotatable bonds is 7. The Bertz CT molecular complexity index is 530. The minimum absolute atomic E-state index is 0.0785. The number of carboxylic acids is 1. The Balaban J connectivity index is 2.97. The van der Waals surface area contributed by atoms with Crippen molar-refractivity contribution in [2.24, 2.45) is 0 Å². The molecule has 0 atom stereocenters. The minimum atomic E-state index is -1.18. The van der Waals surface area contributed by atoms with Crippen LogP contribution in [0.15, 0.2) is 30.9 Å². The lowest BCUT2D eigenvalue weighted by Crippen LogP contribution is -2.37. The molecule has 21 heavy (non-hydrogen) atoms. The summed E-state index contributed by atoms with van der Waals surface area (Å²) in [5, 5.41) is 20.6. The van der Waals surface area contributed by atoms with Crippen molar-refractivity contribution >= 4 is 17.7 Å². The van der Waals surface area contributed by atoms with Gasteiger partial charge in [-0.05, 0) is 18.2 Å². The van der Waals surface area contributed by atoms with Crippen LogP contribution >= 0.6 is 0 Å². The van der Waals surface area contributed by atoms with Crippen LogP contribution in [0.4, 0.5) is 10.5 Å². The van der Waals surface area contributed by atoms with E-state index in [1.807, 2.05) is 0 Å². The molecule has 0 heterocycles. The van der Waals surface area contributed by atoms with Crippen molar-refractivity contribution in [1.82, 2.24) is 4.90 Å². The maximum atomic E-state index is 12.1. The van der Waals surface area contributed by atoms with Crippen LogP contribution in [0.25, 0.3) is 0 Å². The molecule has 0 fully saturated rings. The van der Waals surface area contributed by atoms with Gasteiger partial charge in [0.25, 0.3) is 0 Å².